The zero-order chi connectivity index (χ0) is 10.2. The van der Waals surface area contributed by atoms with Crippen LogP contribution in [0.1, 0.15) is 5.56 Å². The number of benzene rings is 1. The molecule has 2 nitrogen and oxygen atoms in total. The summed E-state index contributed by atoms with van der Waals surface area (Å²) in [5.41, 5.74) is 0.569. The Bertz CT molecular complexity index is 348. The number of halogens is 2. The third kappa shape index (κ3) is 2.04. The first-order valence-corrected chi connectivity index (χ1v) is 5.10. The molecular weight excluding hydrogens is 223 g/mol. The van der Waals surface area contributed by atoms with Crippen molar-refractivity contribution in [3.05, 3.63) is 33.8 Å². The van der Waals surface area contributed by atoms with Crippen LogP contribution in [-0.2, 0) is 11.2 Å². The molecule has 1 fully saturated rings. The van der Waals surface area contributed by atoms with Crippen molar-refractivity contribution in [3.63, 3.8) is 0 Å². The fraction of sp³-hybridized carbons (Fsp3) is 0.400. The normalized spacial score (nSPS) is 25.1. The minimum Gasteiger partial charge on any atom is -0.393 e. The molecule has 2 rings (SSSR count). The highest BCUT2D eigenvalue weighted by Gasteiger charge is 2.44. The molecule has 1 aliphatic heterocycles. The molecule has 0 radical (unpaired) electrons. The van der Waals surface area contributed by atoms with Gasteiger partial charge in [0.25, 0.3) is 0 Å². The lowest BCUT2D eigenvalue weighted by atomic mass is 10.0. The molecule has 1 N–H and O–H groups in total. The molecule has 0 spiro atoms. The van der Waals surface area contributed by atoms with E-state index < -0.39 is 5.60 Å². The standard InChI is InChI=1S/C10H10Cl2O2/c11-8-2-1-7(9(12)3-8)4-10(5-13)6-14-10/h1-3,13H,4-6H2/t10-/m1/s1. The number of ether oxygens (including phenoxy) is 1. The summed E-state index contributed by atoms with van der Waals surface area (Å²) < 4.78 is 5.19. The molecule has 1 aromatic carbocycles. The molecule has 0 aliphatic carbocycles. The zero-order valence-electron chi connectivity index (χ0n) is 7.46. The maximum atomic E-state index is 9.07. The van der Waals surface area contributed by atoms with Gasteiger partial charge in [0.15, 0.2) is 0 Å². The van der Waals surface area contributed by atoms with Crippen molar-refractivity contribution in [1.29, 1.82) is 0 Å². The monoisotopic (exact) mass is 232 g/mol. The van der Waals surface area contributed by atoms with Gasteiger partial charge in [-0.1, -0.05) is 29.3 Å². The van der Waals surface area contributed by atoms with E-state index in [1.165, 1.54) is 0 Å². The highest BCUT2D eigenvalue weighted by atomic mass is 35.5. The SMILES string of the molecule is OC[C@]1(Cc2ccc(Cl)cc2Cl)CO1. The highest BCUT2D eigenvalue weighted by molar-refractivity contribution is 6.35. The molecule has 0 bridgehead atoms. The zero-order valence-corrected chi connectivity index (χ0v) is 8.98. The molecule has 1 atom stereocenters. The number of hydrogen-bond acceptors (Lipinski definition) is 2. The third-order valence-corrected chi connectivity index (χ3v) is 2.96. The molecule has 0 saturated carbocycles. The van der Waals surface area contributed by atoms with E-state index in [9.17, 15) is 0 Å². The van der Waals surface area contributed by atoms with Crippen LogP contribution in [0.25, 0.3) is 0 Å². The molecular formula is C10H10Cl2O2. The third-order valence-electron chi connectivity index (χ3n) is 2.37. The predicted molar refractivity (Wildman–Crippen MR) is 55.9 cm³/mol. The first-order valence-electron chi connectivity index (χ1n) is 4.34. The fourth-order valence-corrected chi connectivity index (χ4v) is 1.84. The lowest BCUT2D eigenvalue weighted by Crippen LogP contribution is -2.20. The fourth-order valence-electron chi connectivity index (χ4n) is 1.36. The summed E-state index contributed by atoms with van der Waals surface area (Å²) in [6, 6.07) is 5.35. The van der Waals surface area contributed by atoms with Crippen LogP contribution in [0.2, 0.25) is 10.0 Å². The Balaban J connectivity index is 2.17. The molecule has 1 heterocycles. The summed E-state index contributed by atoms with van der Waals surface area (Å²) in [6.07, 6.45) is 0.638. The quantitative estimate of drug-likeness (QED) is 0.812. The second-order valence-corrected chi connectivity index (χ2v) is 4.39. The van der Waals surface area contributed by atoms with Crippen molar-refractivity contribution in [2.75, 3.05) is 13.2 Å². The van der Waals surface area contributed by atoms with Gasteiger partial charge in [-0.25, -0.2) is 0 Å². The molecule has 1 saturated heterocycles. The van der Waals surface area contributed by atoms with Crippen LogP contribution >= 0.6 is 23.2 Å². The van der Waals surface area contributed by atoms with E-state index in [2.05, 4.69) is 0 Å². The van der Waals surface area contributed by atoms with Gasteiger partial charge in [-0.05, 0) is 17.7 Å². The molecule has 14 heavy (non-hydrogen) atoms. The molecule has 0 amide bonds. The lowest BCUT2D eigenvalue weighted by Gasteiger charge is -2.09. The number of aliphatic hydroxyl groups excluding tert-OH is 1. The van der Waals surface area contributed by atoms with E-state index >= 15 is 0 Å². The Hall–Kier alpha value is -0.280. The Morgan fingerprint density at radius 3 is 2.64 bits per heavy atom. The van der Waals surface area contributed by atoms with E-state index in [-0.39, 0.29) is 6.61 Å². The second-order valence-electron chi connectivity index (χ2n) is 3.54. The Kier molecular flexibility index (Phi) is 2.71. The summed E-state index contributed by atoms with van der Waals surface area (Å²) in [5, 5.41) is 10.3. The highest BCUT2D eigenvalue weighted by Crippen LogP contribution is 2.33. The van der Waals surface area contributed by atoms with Crippen molar-refractivity contribution < 1.29 is 9.84 Å². The van der Waals surface area contributed by atoms with Crippen LogP contribution in [0.3, 0.4) is 0 Å². The van der Waals surface area contributed by atoms with Crippen LogP contribution in [0, 0.1) is 0 Å². The van der Waals surface area contributed by atoms with Gasteiger partial charge in [-0.3, -0.25) is 0 Å². The molecule has 0 unspecified atom stereocenters. The van der Waals surface area contributed by atoms with Crippen molar-refractivity contribution in [2.45, 2.75) is 12.0 Å². The Labute approximate surface area is 92.4 Å². The van der Waals surface area contributed by atoms with Gasteiger partial charge in [0.1, 0.15) is 5.60 Å². The van der Waals surface area contributed by atoms with Crippen molar-refractivity contribution in [2.24, 2.45) is 0 Å². The van der Waals surface area contributed by atoms with Crippen LogP contribution in [-0.4, -0.2) is 23.9 Å². The average Bonchev–Trinajstić information content (AvgIpc) is 2.91. The van der Waals surface area contributed by atoms with Crippen LogP contribution in [0.4, 0.5) is 0 Å². The summed E-state index contributed by atoms with van der Waals surface area (Å²) in [6.45, 7) is 0.633. The van der Waals surface area contributed by atoms with Gasteiger partial charge < -0.3 is 9.84 Å². The second kappa shape index (κ2) is 3.70. The number of rotatable bonds is 3. The summed E-state index contributed by atoms with van der Waals surface area (Å²) >= 11 is 11.8. The first-order chi connectivity index (χ1) is 6.65. The van der Waals surface area contributed by atoms with Gasteiger partial charge >= 0.3 is 0 Å². The Morgan fingerprint density at radius 2 is 2.14 bits per heavy atom. The van der Waals surface area contributed by atoms with Crippen molar-refractivity contribution in [3.8, 4) is 0 Å². The summed E-state index contributed by atoms with van der Waals surface area (Å²) in [4.78, 5) is 0. The summed E-state index contributed by atoms with van der Waals surface area (Å²) in [5.74, 6) is 0. The van der Waals surface area contributed by atoms with Crippen LogP contribution in [0.5, 0.6) is 0 Å². The molecule has 0 aromatic heterocycles. The predicted octanol–water partition coefficient (Wildman–Crippen LogP) is 2.30. The van der Waals surface area contributed by atoms with Gasteiger partial charge in [-0.2, -0.15) is 0 Å². The maximum Gasteiger partial charge on any atom is 0.119 e. The summed E-state index contributed by atoms with van der Waals surface area (Å²) in [7, 11) is 0. The largest absolute Gasteiger partial charge is 0.393 e. The number of epoxide rings is 1. The van der Waals surface area contributed by atoms with Crippen LogP contribution < -0.4 is 0 Å². The van der Waals surface area contributed by atoms with Crippen molar-refractivity contribution in [1.82, 2.24) is 0 Å². The van der Waals surface area contributed by atoms with E-state index in [0.717, 1.165) is 5.56 Å². The molecule has 76 valence electrons. The topological polar surface area (TPSA) is 32.8 Å². The molecule has 4 heteroatoms. The molecule has 1 aromatic rings. The van der Waals surface area contributed by atoms with Gasteiger partial charge in [0.05, 0.1) is 13.2 Å². The van der Waals surface area contributed by atoms with E-state index in [0.29, 0.717) is 23.1 Å². The van der Waals surface area contributed by atoms with Gasteiger partial charge in [0, 0.05) is 16.5 Å². The minimum atomic E-state index is -0.391. The van der Waals surface area contributed by atoms with Gasteiger partial charge in [0.2, 0.25) is 0 Å². The lowest BCUT2D eigenvalue weighted by molar-refractivity contribution is 0.171. The number of hydrogen-bond donors (Lipinski definition) is 1. The van der Waals surface area contributed by atoms with E-state index in [4.69, 9.17) is 33.0 Å². The van der Waals surface area contributed by atoms with E-state index in [1.807, 2.05) is 6.07 Å². The van der Waals surface area contributed by atoms with Crippen LogP contribution in [0.15, 0.2) is 18.2 Å². The number of aliphatic hydroxyl groups is 1. The minimum absolute atomic E-state index is 0.0337. The smallest absolute Gasteiger partial charge is 0.119 e. The Morgan fingerprint density at radius 1 is 1.43 bits per heavy atom. The first kappa shape index (κ1) is 10.2. The average molecular weight is 233 g/mol. The molecule has 1 aliphatic rings. The van der Waals surface area contributed by atoms with Crippen molar-refractivity contribution >= 4 is 23.2 Å². The van der Waals surface area contributed by atoms with Gasteiger partial charge in [-0.15, -0.1) is 0 Å². The maximum absolute atomic E-state index is 9.07. The van der Waals surface area contributed by atoms with E-state index in [1.54, 1.807) is 12.1 Å².